The smallest absolute Gasteiger partial charge is 0.0556 e. The first-order chi connectivity index (χ1) is 10.4. The predicted molar refractivity (Wildman–Crippen MR) is 86.3 cm³/mol. The summed E-state index contributed by atoms with van der Waals surface area (Å²) in [6.45, 7) is 2.45. The standard InChI is InChI=1S/C18H20N2O/c21-11-10-19-12-16-14-20(13-15-6-2-1-3-7-15)18-9-5-4-8-17(16)18/h1-9,14,19,21H,10-13H2. The van der Waals surface area contributed by atoms with E-state index in [4.69, 9.17) is 5.11 Å². The van der Waals surface area contributed by atoms with Crippen molar-refractivity contribution in [3.05, 3.63) is 71.9 Å². The molecule has 2 aromatic carbocycles. The third kappa shape index (κ3) is 3.15. The van der Waals surface area contributed by atoms with E-state index >= 15 is 0 Å². The summed E-state index contributed by atoms with van der Waals surface area (Å²) in [5, 5.41) is 13.4. The fourth-order valence-electron chi connectivity index (χ4n) is 2.68. The van der Waals surface area contributed by atoms with Gasteiger partial charge in [-0.15, -0.1) is 0 Å². The molecule has 0 aliphatic rings. The van der Waals surface area contributed by atoms with Crippen molar-refractivity contribution in [3.63, 3.8) is 0 Å². The van der Waals surface area contributed by atoms with Gasteiger partial charge in [0.05, 0.1) is 6.61 Å². The number of benzene rings is 2. The highest BCUT2D eigenvalue weighted by Gasteiger charge is 2.07. The van der Waals surface area contributed by atoms with Crippen LogP contribution in [0.5, 0.6) is 0 Å². The Morgan fingerprint density at radius 2 is 1.71 bits per heavy atom. The monoisotopic (exact) mass is 280 g/mol. The van der Waals surface area contributed by atoms with Gasteiger partial charge in [0.25, 0.3) is 0 Å². The molecule has 21 heavy (non-hydrogen) atoms. The number of para-hydroxylation sites is 1. The minimum atomic E-state index is 0.169. The lowest BCUT2D eigenvalue weighted by molar-refractivity contribution is 0.292. The maximum atomic E-state index is 8.89. The summed E-state index contributed by atoms with van der Waals surface area (Å²) >= 11 is 0. The number of hydrogen-bond acceptors (Lipinski definition) is 2. The normalized spacial score (nSPS) is 11.1. The molecule has 3 aromatic rings. The van der Waals surface area contributed by atoms with E-state index in [1.54, 1.807) is 0 Å². The first kappa shape index (κ1) is 13.9. The fourth-order valence-corrected chi connectivity index (χ4v) is 2.68. The van der Waals surface area contributed by atoms with Crippen molar-refractivity contribution < 1.29 is 5.11 Å². The second-order valence-corrected chi connectivity index (χ2v) is 5.19. The average molecular weight is 280 g/mol. The molecule has 0 fully saturated rings. The fraction of sp³-hybridized carbons (Fsp3) is 0.222. The van der Waals surface area contributed by atoms with Crippen molar-refractivity contribution in [1.82, 2.24) is 9.88 Å². The zero-order valence-corrected chi connectivity index (χ0v) is 12.0. The molecule has 0 radical (unpaired) electrons. The highest BCUT2D eigenvalue weighted by atomic mass is 16.3. The minimum Gasteiger partial charge on any atom is -0.395 e. The van der Waals surface area contributed by atoms with Gasteiger partial charge in [0.15, 0.2) is 0 Å². The lowest BCUT2D eigenvalue weighted by atomic mass is 10.2. The van der Waals surface area contributed by atoms with Crippen LogP contribution in [0.15, 0.2) is 60.8 Å². The Hall–Kier alpha value is -2.10. The van der Waals surface area contributed by atoms with Crippen LogP contribution in [0.2, 0.25) is 0 Å². The molecular weight excluding hydrogens is 260 g/mol. The van der Waals surface area contributed by atoms with E-state index in [0.717, 1.165) is 13.1 Å². The highest BCUT2D eigenvalue weighted by Crippen LogP contribution is 2.22. The van der Waals surface area contributed by atoms with Gasteiger partial charge in [-0.2, -0.15) is 0 Å². The van der Waals surface area contributed by atoms with Crippen LogP contribution in [0, 0.1) is 0 Å². The molecule has 1 aromatic heterocycles. The van der Waals surface area contributed by atoms with Crippen LogP contribution in [-0.2, 0) is 13.1 Å². The van der Waals surface area contributed by atoms with Gasteiger partial charge in [-0.1, -0.05) is 48.5 Å². The zero-order valence-electron chi connectivity index (χ0n) is 12.0. The van der Waals surface area contributed by atoms with Crippen LogP contribution in [0.4, 0.5) is 0 Å². The van der Waals surface area contributed by atoms with Crippen LogP contribution >= 0.6 is 0 Å². The molecule has 0 atom stereocenters. The van der Waals surface area contributed by atoms with Crippen molar-refractivity contribution >= 4 is 10.9 Å². The Balaban J connectivity index is 1.91. The number of nitrogens with zero attached hydrogens (tertiary/aromatic N) is 1. The molecular formula is C18H20N2O. The molecule has 1 heterocycles. The maximum Gasteiger partial charge on any atom is 0.0556 e. The Bertz CT molecular complexity index is 704. The summed E-state index contributed by atoms with van der Waals surface area (Å²) < 4.78 is 2.29. The number of aromatic nitrogens is 1. The van der Waals surface area contributed by atoms with E-state index in [9.17, 15) is 0 Å². The van der Waals surface area contributed by atoms with Crippen LogP contribution in [0.3, 0.4) is 0 Å². The number of aliphatic hydroxyl groups excluding tert-OH is 1. The number of rotatable bonds is 6. The van der Waals surface area contributed by atoms with Gasteiger partial charge in [0, 0.05) is 36.7 Å². The largest absolute Gasteiger partial charge is 0.395 e. The van der Waals surface area contributed by atoms with E-state index < -0.39 is 0 Å². The van der Waals surface area contributed by atoms with Crippen LogP contribution in [0.25, 0.3) is 10.9 Å². The van der Waals surface area contributed by atoms with Crippen LogP contribution in [0.1, 0.15) is 11.1 Å². The Kier molecular flexibility index (Phi) is 4.34. The molecule has 3 rings (SSSR count). The Morgan fingerprint density at radius 1 is 0.952 bits per heavy atom. The van der Waals surface area contributed by atoms with Crippen LogP contribution in [-0.4, -0.2) is 22.8 Å². The molecule has 0 aliphatic heterocycles. The lowest BCUT2D eigenvalue weighted by Gasteiger charge is -2.05. The highest BCUT2D eigenvalue weighted by molar-refractivity contribution is 5.84. The molecule has 0 aliphatic carbocycles. The van der Waals surface area contributed by atoms with E-state index in [1.165, 1.54) is 22.0 Å². The second-order valence-electron chi connectivity index (χ2n) is 5.19. The van der Waals surface area contributed by atoms with E-state index in [2.05, 4.69) is 64.6 Å². The predicted octanol–water partition coefficient (Wildman–Crippen LogP) is 2.77. The zero-order chi connectivity index (χ0) is 14.5. The molecule has 0 bridgehead atoms. The summed E-state index contributed by atoms with van der Waals surface area (Å²) in [7, 11) is 0. The number of hydrogen-bond donors (Lipinski definition) is 2. The van der Waals surface area contributed by atoms with E-state index in [1.807, 2.05) is 6.07 Å². The van der Waals surface area contributed by atoms with E-state index in [0.29, 0.717) is 6.54 Å². The number of fused-ring (bicyclic) bond motifs is 1. The summed E-state index contributed by atoms with van der Waals surface area (Å²) in [6.07, 6.45) is 2.21. The summed E-state index contributed by atoms with van der Waals surface area (Å²) in [6, 6.07) is 19.0. The molecule has 0 spiro atoms. The van der Waals surface area contributed by atoms with Crippen molar-refractivity contribution in [1.29, 1.82) is 0 Å². The summed E-state index contributed by atoms with van der Waals surface area (Å²) in [5.74, 6) is 0. The van der Waals surface area contributed by atoms with Gasteiger partial charge in [-0.25, -0.2) is 0 Å². The van der Waals surface area contributed by atoms with Gasteiger partial charge in [0.2, 0.25) is 0 Å². The molecule has 0 saturated carbocycles. The van der Waals surface area contributed by atoms with Crippen LogP contribution < -0.4 is 5.32 Å². The van der Waals surface area contributed by atoms with Gasteiger partial charge in [-0.3, -0.25) is 0 Å². The quantitative estimate of drug-likeness (QED) is 0.681. The van der Waals surface area contributed by atoms with Gasteiger partial charge in [-0.05, 0) is 17.2 Å². The molecule has 0 unspecified atom stereocenters. The third-order valence-corrected chi connectivity index (χ3v) is 3.67. The van der Waals surface area contributed by atoms with Crippen molar-refractivity contribution in [2.45, 2.75) is 13.1 Å². The summed E-state index contributed by atoms with van der Waals surface area (Å²) in [4.78, 5) is 0. The number of nitrogens with one attached hydrogen (secondary N) is 1. The van der Waals surface area contributed by atoms with E-state index in [-0.39, 0.29) is 6.61 Å². The second kappa shape index (κ2) is 6.57. The van der Waals surface area contributed by atoms with Gasteiger partial charge >= 0.3 is 0 Å². The molecule has 3 nitrogen and oxygen atoms in total. The first-order valence-corrected chi connectivity index (χ1v) is 7.31. The number of aliphatic hydroxyl groups is 1. The van der Waals surface area contributed by atoms with Gasteiger partial charge < -0.3 is 15.0 Å². The minimum absolute atomic E-state index is 0.169. The Morgan fingerprint density at radius 3 is 2.52 bits per heavy atom. The molecule has 108 valence electrons. The van der Waals surface area contributed by atoms with Crippen molar-refractivity contribution in [3.8, 4) is 0 Å². The molecule has 0 amide bonds. The van der Waals surface area contributed by atoms with Crippen molar-refractivity contribution in [2.75, 3.05) is 13.2 Å². The molecule has 2 N–H and O–H groups in total. The SMILES string of the molecule is OCCNCc1cn(Cc2ccccc2)c2ccccc12. The maximum absolute atomic E-state index is 8.89. The topological polar surface area (TPSA) is 37.2 Å². The Labute approximate surface area is 124 Å². The first-order valence-electron chi connectivity index (χ1n) is 7.31. The van der Waals surface area contributed by atoms with Crippen molar-refractivity contribution in [2.24, 2.45) is 0 Å². The third-order valence-electron chi connectivity index (χ3n) is 3.67. The lowest BCUT2D eigenvalue weighted by Crippen LogP contribution is -2.17. The average Bonchev–Trinajstić information content (AvgIpc) is 2.87. The molecule has 0 saturated heterocycles. The summed E-state index contributed by atoms with van der Waals surface area (Å²) in [5.41, 5.74) is 3.82. The molecule has 3 heteroatoms. The van der Waals surface area contributed by atoms with Gasteiger partial charge in [0.1, 0.15) is 0 Å².